The molecule has 0 bridgehead atoms. The van der Waals surface area contributed by atoms with Gasteiger partial charge in [0.2, 0.25) is 0 Å². The smallest absolute Gasteiger partial charge is 0.309 e. The number of carbonyl (C=O) groups is 1. The summed E-state index contributed by atoms with van der Waals surface area (Å²) in [6, 6.07) is 0. The van der Waals surface area contributed by atoms with Crippen molar-refractivity contribution in [3.05, 3.63) is 11.6 Å². The monoisotopic (exact) mass is 284 g/mol. The average Bonchev–Trinajstić information content (AvgIpc) is 2.61. The maximum atomic E-state index is 11.7. The number of hydrogen-bond donors (Lipinski definition) is 3. The van der Waals surface area contributed by atoms with E-state index in [1.165, 1.54) is 0 Å². The van der Waals surface area contributed by atoms with Crippen LogP contribution in [0.3, 0.4) is 0 Å². The van der Waals surface area contributed by atoms with Crippen LogP contribution >= 0.6 is 0 Å². The Labute approximate surface area is 119 Å². The van der Waals surface area contributed by atoms with Crippen molar-refractivity contribution in [3.8, 4) is 0 Å². The Morgan fingerprint density at radius 1 is 1.40 bits per heavy atom. The normalized spacial score (nSPS) is 49.0. The summed E-state index contributed by atoms with van der Waals surface area (Å²) in [5, 5.41) is 30.5. The van der Waals surface area contributed by atoms with Gasteiger partial charge in [-0.25, -0.2) is 0 Å². The Morgan fingerprint density at radius 2 is 2.05 bits per heavy atom. The highest BCUT2D eigenvalue weighted by molar-refractivity contribution is 5.75. The van der Waals surface area contributed by atoms with Gasteiger partial charge in [0.25, 0.3) is 0 Å². The predicted octanol–water partition coefficient (Wildman–Crippen LogP) is 0.767. The molecule has 0 aromatic heterocycles. The number of esters is 1. The molecule has 2 aliphatic rings. The molecule has 1 heterocycles. The van der Waals surface area contributed by atoms with Crippen molar-refractivity contribution in [2.75, 3.05) is 0 Å². The van der Waals surface area contributed by atoms with Gasteiger partial charge in [0.05, 0.1) is 23.7 Å². The van der Waals surface area contributed by atoms with E-state index in [0.29, 0.717) is 18.4 Å². The largest absolute Gasteiger partial charge is 0.458 e. The minimum atomic E-state index is -1.27. The van der Waals surface area contributed by atoms with Gasteiger partial charge in [-0.15, -0.1) is 0 Å². The molecule has 1 saturated heterocycles. The van der Waals surface area contributed by atoms with Crippen molar-refractivity contribution in [1.29, 1.82) is 0 Å². The maximum Gasteiger partial charge on any atom is 0.309 e. The summed E-state index contributed by atoms with van der Waals surface area (Å²) in [7, 11) is 0. The van der Waals surface area contributed by atoms with Crippen LogP contribution in [0.15, 0.2) is 11.6 Å². The third-order valence-corrected chi connectivity index (χ3v) is 4.79. The zero-order valence-corrected chi connectivity index (χ0v) is 12.2. The second kappa shape index (κ2) is 5.47. The summed E-state index contributed by atoms with van der Waals surface area (Å²) in [6.07, 6.45) is 0.644. The molecule has 20 heavy (non-hydrogen) atoms. The molecule has 3 N–H and O–H groups in total. The van der Waals surface area contributed by atoms with Crippen LogP contribution in [0.1, 0.15) is 40.0 Å². The van der Waals surface area contributed by atoms with Gasteiger partial charge in [-0.1, -0.05) is 6.92 Å². The van der Waals surface area contributed by atoms with E-state index in [4.69, 9.17) is 4.74 Å². The predicted molar refractivity (Wildman–Crippen MR) is 72.8 cm³/mol. The lowest BCUT2D eigenvalue weighted by atomic mass is 9.79. The number of carbonyl (C=O) groups excluding carboxylic acids is 1. The van der Waals surface area contributed by atoms with Gasteiger partial charge in [-0.2, -0.15) is 0 Å². The summed E-state index contributed by atoms with van der Waals surface area (Å²) in [5.41, 5.74) is -0.604. The van der Waals surface area contributed by atoms with Crippen LogP contribution < -0.4 is 0 Å². The highest BCUT2D eigenvalue weighted by Crippen LogP contribution is 2.37. The molecule has 6 atom stereocenters. The molecule has 5 heteroatoms. The first-order valence-corrected chi connectivity index (χ1v) is 7.19. The van der Waals surface area contributed by atoms with E-state index in [0.717, 1.165) is 0 Å². The third kappa shape index (κ3) is 2.90. The maximum absolute atomic E-state index is 11.7. The number of aliphatic hydroxyl groups excluding tert-OH is 2. The Kier molecular flexibility index (Phi) is 4.23. The first-order chi connectivity index (χ1) is 9.22. The molecule has 0 aromatic carbocycles. The van der Waals surface area contributed by atoms with Crippen LogP contribution in [-0.4, -0.2) is 45.2 Å². The van der Waals surface area contributed by atoms with Crippen LogP contribution in [0, 0.1) is 11.8 Å². The van der Waals surface area contributed by atoms with E-state index in [2.05, 4.69) is 0 Å². The lowest BCUT2D eigenvalue weighted by molar-refractivity contribution is -0.142. The Morgan fingerprint density at radius 3 is 2.70 bits per heavy atom. The van der Waals surface area contributed by atoms with Gasteiger partial charge < -0.3 is 20.1 Å². The minimum Gasteiger partial charge on any atom is -0.458 e. The summed E-state index contributed by atoms with van der Waals surface area (Å²) < 4.78 is 5.35. The van der Waals surface area contributed by atoms with Crippen molar-refractivity contribution < 1.29 is 24.9 Å². The molecule has 2 rings (SSSR count). The Hall–Kier alpha value is -0.910. The lowest BCUT2D eigenvalue weighted by Gasteiger charge is -2.33. The van der Waals surface area contributed by atoms with Crippen LogP contribution in [-0.2, 0) is 9.53 Å². The van der Waals surface area contributed by atoms with Crippen LogP contribution in [0.25, 0.3) is 0 Å². The molecule has 1 fully saturated rings. The zero-order valence-electron chi connectivity index (χ0n) is 12.2. The molecular weight excluding hydrogens is 260 g/mol. The molecule has 1 aliphatic heterocycles. The van der Waals surface area contributed by atoms with Crippen molar-refractivity contribution >= 4 is 5.97 Å². The molecule has 0 radical (unpaired) electrons. The van der Waals surface area contributed by atoms with E-state index in [9.17, 15) is 20.1 Å². The van der Waals surface area contributed by atoms with Crippen molar-refractivity contribution in [2.45, 2.75) is 63.9 Å². The van der Waals surface area contributed by atoms with Crippen molar-refractivity contribution in [2.24, 2.45) is 11.8 Å². The summed E-state index contributed by atoms with van der Waals surface area (Å²) in [5.74, 6) is -0.493. The summed E-state index contributed by atoms with van der Waals surface area (Å²) >= 11 is 0. The van der Waals surface area contributed by atoms with E-state index in [-0.39, 0.29) is 30.3 Å². The van der Waals surface area contributed by atoms with E-state index in [1.54, 1.807) is 19.9 Å². The van der Waals surface area contributed by atoms with Gasteiger partial charge >= 0.3 is 5.97 Å². The number of hydrogen-bond acceptors (Lipinski definition) is 5. The van der Waals surface area contributed by atoms with Gasteiger partial charge in [0, 0.05) is 12.3 Å². The molecular formula is C15H24O5. The number of fused-ring (bicyclic) bond motifs is 1. The number of rotatable bonds is 0. The fourth-order valence-corrected chi connectivity index (χ4v) is 3.01. The molecule has 1 aliphatic carbocycles. The van der Waals surface area contributed by atoms with Gasteiger partial charge in [0.15, 0.2) is 0 Å². The van der Waals surface area contributed by atoms with E-state index < -0.39 is 17.8 Å². The molecule has 0 spiro atoms. The van der Waals surface area contributed by atoms with Gasteiger partial charge in [0.1, 0.15) is 6.10 Å². The number of aliphatic hydroxyl groups is 3. The summed E-state index contributed by atoms with van der Waals surface area (Å²) in [6.45, 7) is 5.15. The Bertz CT molecular complexity index is 414. The minimum absolute atomic E-state index is 0.0265. The SMILES string of the molecule is C/C1=C/[C@@H]2OC(=O)[C@@H](C)[C@@H]2CC[C@](C)(O)[C@@H](O)C[C@@H]1O. The average molecular weight is 284 g/mol. The molecule has 0 amide bonds. The quantitative estimate of drug-likeness (QED) is 0.452. The van der Waals surface area contributed by atoms with E-state index in [1.807, 2.05) is 6.92 Å². The second-order valence-electron chi connectivity index (χ2n) is 6.43. The first kappa shape index (κ1) is 15.5. The topological polar surface area (TPSA) is 87.0 Å². The van der Waals surface area contributed by atoms with Crippen LogP contribution in [0.5, 0.6) is 0 Å². The second-order valence-corrected chi connectivity index (χ2v) is 6.43. The fraction of sp³-hybridized carbons (Fsp3) is 0.800. The molecule has 0 saturated carbocycles. The molecule has 0 unspecified atom stereocenters. The molecule has 5 nitrogen and oxygen atoms in total. The molecule has 0 aromatic rings. The highest BCUT2D eigenvalue weighted by atomic mass is 16.6. The lowest BCUT2D eigenvalue weighted by Crippen LogP contribution is -2.43. The first-order valence-electron chi connectivity index (χ1n) is 7.19. The van der Waals surface area contributed by atoms with Gasteiger partial charge in [-0.05, 0) is 38.3 Å². The standard InChI is InChI=1S/C15H24O5/c1-8-6-12-10(9(2)14(18)20-12)4-5-15(3,19)13(17)7-11(8)16/h6,9-13,16-17,19H,4-5,7H2,1-3H3/b8-6-/t9-,10-,11-,12-,13-,15-/m0/s1. The van der Waals surface area contributed by atoms with E-state index >= 15 is 0 Å². The highest BCUT2D eigenvalue weighted by Gasteiger charge is 2.43. The van der Waals surface area contributed by atoms with Crippen LogP contribution in [0.4, 0.5) is 0 Å². The van der Waals surface area contributed by atoms with Crippen molar-refractivity contribution in [3.63, 3.8) is 0 Å². The number of ether oxygens (including phenoxy) is 1. The fourth-order valence-electron chi connectivity index (χ4n) is 3.01. The van der Waals surface area contributed by atoms with Crippen LogP contribution in [0.2, 0.25) is 0 Å². The summed E-state index contributed by atoms with van der Waals surface area (Å²) in [4.78, 5) is 11.7. The Balaban J connectivity index is 2.31. The zero-order chi connectivity index (χ0) is 15.1. The third-order valence-electron chi connectivity index (χ3n) is 4.79. The molecule has 114 valence electrons. The van der Waals surface area contributed by atoms with Gasteiger partial charge in [-0.3, -0.25) is 4.79 Å². The van der Waals surface area contributed by atoms with Crippen molar-refractivity contribution in [1.82, 2.24) is 0 Å².